The zero-order chi connectivity index (χ0) is 14.5. The van der Waals surface area contributed by atoms with E-state index in [1.54, 1.807) is 6.20 Å². The van der Waals surface area contributed by atoms with E-state index < -0.39 is 0 Å². The van der Waals surface area contributed by atoms with E-state index in [0.29, 0.717) is 12.3 Å². The second kappa shape index (κ2) is 6.72. The van der Waals surface area contributed by atoms with Gasteiger partial charge in [-0.25, -0.2) is 4.98 Å². The Bertz CT molecular complexity index is 591. The number of carbonyl (C=O) groups is 1. The lowest BCUT2D eigenvalue weighted by molar-refractivity contribution is -0.117. The highest BCUT2D eigenvalue weighted by Gasteiger charge is 2.18. The van der Waals surface area contributed by atoms with Crippen LogP contribution in [0.15, 0.2) is 36.5 Å². The number of amides is 1. The predicted molar refractivity (Wildman–Crippen MR) is 87.0 cm³/mol. The number of hydrogen-bond acceptors (Lipinski definition) is 4. The molecule has 3 rings (SSSR count). The monoisotopic (exact) mass is 301 g/mol. The third-order valence-corrected chi connectivity index (χ3v) is 4.57. The van der Waals surface area contributed by atoms with Crippen LogP contribution in [0.1, 0.15) is 32.1 Å². The summed E-state index contributed by atoms with van der Waals surface area (Å²) in [5.74, 6) is 0.677. The fourth-order valence-corrected chi connectivity index (χ4v) is 3.45. The maximum atomic E-state index is 12.0. The summed E-state index contributed by atoms with van der Waals surface area (Å²) >= 11 is 1.46. The van der Waals surface area contributed by atoms with Gasteiger partial charge in [0.15, 0.2) is 5.13 Å². The van der Waals surface area contributed by atoms with Gasteiger partial charge in [0.05, 0.1) is 6.20 Å². The SMILES string of the molecule is O=C(CC1CCCC1)Nc1cnc(Nc2ccccc2)s1. The summed E-state index contributed by atoms with van der Waals surface area (Å²) in [5.41, 5.74) is 0.996. The fraction of sp³-hybridized carbons (Fsp3) is 0.375. The molecule has 1 saturated carbocycles. The lowest BCUT2D eigenvalue weighted by Crippen LogP contribution is -2.14. The highest BCUT2D eigenvalue weighted by Crippen LogP contribution is 2.29. The largest absolute Gasteiger partial charge is 0.331 e. The first-order valence-corrected chi connectivity index (χ1v) is 8.19. The summed E-state index contributed by atoms with van der Waals surface area (Å²) in [6.45, 7) is 0. The Hall–Kier alpha value is -1.88. The minimum Gasteiger partial charge on any atom is -0.331 e. The Morgan fingerprint density at radius 3 is 2.76 bits per heavy atom. The molecule has 21 heavy (non-hydrogen) atoms. The van der Waals surface area contributed by atoms with Crippen molar-refractivity contribution in [3.05, 3.63) is 36.5 Å². The van der Waals surface area contributed by atoms with Crippen molar-refractivity contribution < 1.29 is 4.79 Å². The third kappa shape index (κ3) is 4.04. The molecule has 4 nitrogen and oxygen atoms in total. The van der Waals surface area contributed by atoms with Gasteiger partial charge in [-0.3, -0.25) is 4.79 Å². The molecule has 1 aliphatic carbocycles. The van der Waals surface area contributed by atoms with E-state index in [0.717, 1.165) is 15.8 Å². The molecule has 0 aliphatic heterocycles. The van der Waals surface area contributed by atoms with Crippen LogP contribution in [0.25, 0.3) is 0 Å². The Morgan fingerprint density at radius 2 is 2.00 bits per heavy atom. The van der Waals surface area contributed by atoms with Crippen LogP contribution in [-0.2, 0) is 4.79 Å². The quantitative estimate of drug-likeness (QED) is 0.860. The molecule has 0 atom stereocenters. The molecule has 0 spiro atoms. The second-order valence-corrected chi connectivity index (χ2v) is 6.45. The van der Waals surface area contributed by atoms with E-state index in [2.05, 4.69) is 15.6 Å². The molecular weight excluding hydrogens is 282 g/mol. The first-order chi connectivity index (χ1) is 10.3. The van der Waals surface area contributed by atoms with E-state index in [4.69, 9.17) is 0 Å². The van der Waals surface area contributed by atoms with Crippen molar-refractivity contribution in [1.29, 1.82) is 0 Å². The van der Waals surface area contributed by atoms with Crippen LogP contribution < -0.4 is 10.6 Å². The number of rotatable bonds is 5. The minimum atomic E-state index is 0.108. The van der Waals surface area contributed by atoms with Crippen molar-refractivity contribution in [2.24, 2.45) is 5.92 Å². The average molecular weight is 301 g/mol. The summed E-state index contributed by atoms with van der Waals surface area (Å²) < 4.78 is 0. The highest BCUT2D eigenvalue weighted by molar-refractivity contribution is 7.19. The maximum absolute atomic E-state index is 12.0. The number of hydrogen-bond donors (Lipinski definition) is 2. The number of carbonyl (C=O) groups excluding carboxylic acids is 1. The van der Waals surface area contributed by atoms with Crippen LogP contribution in [0.3, 0.4) is 0 Å². The van der Waals surface area contributed by atoms with Crippen LogP contribution in [0.5, 0.6) is 0 Å². The molecule has 0 radical (unpaired) electrons. The average Bonchev–Trinajstić information content (AvgIpc) is 3.12. The molecule has 1 fully saturated rings. The van der Waals surface area contributed by atoms with Crippen LogP contribution in [0.2, 0.25) is 0 Å². The van der Waals surface area contributed by atoms with E-state index in [1.165, 1.54) is 37.0 Å². The van der Waals surface area contributed by atoms with Crippen LogP contribution in [0.4, 0.5) is 15.8 Å². The summed E-state index contributed by atoms with van der Waals surface area (Å²) in [7, 11) is 0. The van der Waals surface area contributed by atoms with Gasteiger partial charge in [-0.1, -0.05) is 42.4 Å². The molecule has 110 valence electrons. The van der Waals surface area contributed by atoms with Gasteiger partial charge >= 0.3 is 0 Å². The topological polar surface area (TPSA) is 54.0 Å². The lowest BCUT2D eigenvalue weighted by Gasteiger charge is -2.07. The Morgan fingerprint density at radius 1 is 1.24 bits per heavy atom. The Labute approximate surface area is 128 Å². The standard InChI is InChI=1S/C16H19N3OS/c20-14(10-12-6-4-5-7-12)19-15-11-17-16(21-15)18-13-8-2-1-3-9-13/h1-3,8-9,11-12H,4-7,10H2,(H,17,18)(H,19,20). The van der Waals surface area contributed by atoms with Crippen molar-refractivity contribution >= 4 is 33.1 Å². The van der Waals surface area contributed by atoms with Crippen molar-refractivity contribution in [1.82, 2.24) is 4.98 Å². The second-order valence-electron chi connectivity index (χ2n) is 5.42. The molecule has 1 heterocycles. The molecule has 1 amide bonds. The molecule has 2 aromatic rings. The number of anilines is 3. The van der Waals surface area contributed by atoms with Gasteiger partial charge in [-0.05, 0) is 30.9 Å². The molecule has 0 saturated heterocycles. The number of aromatic nitrogens is 1. The van der Waals surface area contributed by atoms with Gasteiger partial charge < -0.3 is 10.6 Å². The first-order valence-electron chi connectivity index (χ1n) is 7.37. The number of nitrogens with one attached hydrogen (secondary N) is 2. The van der Waals surface area contributed by atoms with Crippen molar-refractivity contribution in [3.63, 3.8) is 0 Å². The van der Waals surface area contributed by atoms with E-state index >= 15 is 0 Å². The van der Waals surface area contributed by atoms with Gasteiger partial charge in [0, 0.05) is 12.1 Å². The number of para-hydroxylation sites is 1. The van der Waals surface area contributed by atoms with Gasteiger partial charge in [0.2, 0.25) is 5.91 Å². The normalized spacial score (nSPS) is 15.0. The highest BCUT2D eigenvalue weighted by atomic mass is 32.1. The van der Waals surface area contributed by atoms with Crippen molar-refractivity contribution in [3.8, 4) is 0 Å². The molecule has 0 unspecified atom stereocenters. The Kier molecular flexibility index (Phi) is 4.50. The number of nitrogens with zero attached hydrogens (tertiary/aromatic N) is 1. The van der Waals surface area contributed by atoms with Crippen LogP contribution in [-0.4, -0.2) is 10.9 Å². The summed E-state index contributed by atoms with van der Waals surface area (Å²) in [4.78, 5) is 16.3. The van der Waals surface area contributed by atoms with Gasteiger partial charge in [0.25, 0.3) is 0 Å². The zero-order valence-electron chi connectivity index (χ0n) is 11.8. The molecule has 2 N–H and O–H groups in total. The molecule has 5 heteroatoms. The smallest absolute Gasteiger partial charge is 0.225 e. The van der Waals surface area contributed by atoms with Crippen molar-refractivity contribution in [2.75, 3.05) is 10.6 Å². The Balaban J connectivity index is 1.53. The molecule has 0 bridgehead atoms. The fourth-order valence-electron chi connectivity index (χ4n) is 2.70. The van der Waals surface area contributed by atoms with E-state index in [9.17, 15) is 4.79 Å². The molecule has 1 aliphatic rings. The van der Waals surface area contributed by atoms with E-state index in [-0.39, 0.29) is 5.91 Å². The first kappa shape index (κ1) is 14.1. The molecule has 1 aromatic heterocycles. The number of benzene rings is 1. The summed E-state index contributed by atoms with van der Waals surface area (Å²) in [6, 6.07) is 9.89. The van der Waals surface area contributed by atoms with Gasteiger partial charge in [0.1, 0.15) is 5.00 Å². The lowest BCUT2D eigenvalue weighted by atomic mass is 10.0. The van der Waals surface area contributed by atoms with Crippen LogP contribution >= 0.6 is 11.3 Å². The summed E-state index contributed by atoms with van der Waals surface area (Å²) in [5, 5.41) is 7.77. The van der Waals surface area contributed by atoms with Gasteiger partial charge in [-0.15, -0.1) is 0 Å². The van der Waals surface area contributed by atoms with Gasteiger partial charge in [-0.2, -0.15) is 0 Å². The minimum absolute atomic E-state index is 0.108. The molecule has 1 aromatic carbocycles. The zero-order valence-corrected chi connectivity index (χ0v) is 12.7. The maximum Gasteiger partial charge on any atom is 0.225 e. The van der Waals surface area contributed by atoms with Crippen LogP contribution in [0, 0.1) is 5.92 Å². The third-order valence-electron chi connectivity index (χ3n) is 3.74. The number of thiazole rings is 1. The van der Waals surface area contributed by atoms with Crippen molar-refractivity contribution in [2.45, 2.75) is 32.1 Å². The molecular formula is C16H19N3OS. The van der Waals surface area contributed by atoms with E-state index in [1.807, 2.05) is 30.3 Å². The summed E-state index contributed by atoms with van der Waals surface area (Å²) in [6.07, 6.45) is 7.27. The predicted octanol–water partition coefficient (Wildman–Crippen LogP) is 4.41.